The van der Waals surface area contributed by atoms with E-state index in [-0.39, 0.29) is 0 Å². The molecule has 1 saturated heterocycles. The van der Waals surface area contributed by atoms with E-state index in [0.717, 1.165) is 0 Å². The Bertz CT molecular complexity index is 841. The van der Waals surface area contributed by atoms with Crippen LogP contribution in [0.25, 0.3) is 11.2 Å². The summed E-state index contributed by atoms with van der Waals surface area (Å²) >= 11 is 0. The number of imidazole rings is 1. The number of hydrogen-bond donors (Lipinski definition) is 4. The van der Waals surface area contributed by atoms with Crippen molar-refractivity contribution in [2.75, 3.05) is 19.0 Å². The molecule has 0 spiro atoms. The monoisotopic (exact) mass is 360 g/mol. The zero-order valence-electron chi connectivity index (χ0n) is 12.5. The number of ether oxygens (including phenoxy) is 1. The molecule has 24 heavy (non-hydrogen) atoms. The molecule has 3 rings (SSSR count). The number of rotatable bonds is 5. The molecular weight excluding hydrogens is 344 g/mol. The lowest BCUT2D eigenvalue weighted by molar-refractivity contribution is -0.0467. The van der Waals surface area contributed by atoms with Crippen molar-refractivity contribution in [1.29, 1.82) is 0 Å². The normalized spacial score (nSPS) is 27.7. The van der Waals surface area contributed by atoms with Gasteiger partial charge < -0.3 is 20.3 Å². The zero-order chi connectivity index (χ0) is 17.5. The molecule has 5 N–H and O–H groups in total. The largest absolute Gasteiger partial charge is 0.387 e. The molecule has 0 unspecified atom stereocenters. The molecule has 3 heterocycles. The SMILES string of the molecule is CNc1ncnc2c1ncn2[C@@H]1O[C@H](COS(N)(=O)=O)[C@@H](O)[C@H]1O. The molecule has 0 aromatic carbocycles. The van der Waals surface area contributed by atoms with Crippen LogP contribution in [0.15, 0.2) is 12.7 Å². The van der Waals surface area contributed by atoms with E-state index in [0.29, 0.717) is 17.0 Å². The summed E-state index contributed by atoms with van der Waals surface area (Å²) in [5.74, 6) is 0.487. The van der Waals surface area contributed by atoms with E-state index in [9.17, 15) is 18.6 Å². The topological polar surface area (TPSA) is 175 Å². The van der Waals surface area contributed by atoms with Crippen molar-refractivity contribution < 1.29 is 27.6 Å². The van der Waals surface area contributed by atoms with Crippen LogP contribution < -0.4 is 10.5 Å². The van der Waals surface area contributed by atoms with Crippen molar-refractivity contribution in [3.63, 3.8) is 0 Å². The maximum atomic E-state index is 10.8. The predicted molar refractivity (Wildman–Crippen MR) is 79.9 cm³/mol. The standard InChI is InChI=1S/C11H16N6O6S/c1-13-9-6-10(15-3-14-9)17(4-16-6)11-8(19)7(18)5(23-11)2-22-24(12,20)21/h3-5,7-8,11,18-19H,2H2,1H3,(H2,12,20,21)(H,13,14,15)/t5-,7-,8-,11-/m1/s1. The summed E-state index contributed by atoms with van der Waals surface area (Å²) < 4.78 is 33.0. The molecule has 1 aliphatic heterocycles. The van der Waals surface area contributed by atoms with Gasteiger partial charge in [-0.05, 0) is 0 Å². The van der Waals surface area contributed by atoms with Gasteiger partial charge >= 0.3 is 10.3 Å². The molecule has 132 valence electrons. The Morgan fingerprint density at radius 1 is 1.38 bits per heavy atom. The maximum absolute atomic E-state index is 10.8. The maximum Gasteiger partial charge on any atom is 0.333 e. The van der Waals surface area contributed by atoms with Gasteiger partial charge in [0.1, 0.15) is 30.2 Å². The molecule has 0 bridgehead atoms. The van der Waals surface area contributed by atoms with Gasteiger partial charge in [0.15, 0.2) is 17.7 Å². The molecule has 4 atom stereocenters. The van der Waals surface area contributed by atoms with Gasteiger partial charge in [0.25, 0.3) is 0 Å². The van der Waals surface area contributed by atoms with E-state index in [1.807, 2.05) is 0 Å². The number of anilines is 1. The van der Waals surface area contributed by atoms with Crippen LogP contribution in [0.5, 0.6) is 0 Å². The summed E-state index contributed by atoms with van der Waals surface area (Å²) in [5.41, 5.74) is 0.827. The fourth-order valence-electron chi connectivity index (χ4n) is 2.48. The van der Waals surface area contributed by atoms with Crippen molar-refractivity contribution in [3.05, 3.63) is 12.7 Å². The number of nitrogens with one attached hydrogen (secondary N) is 1. The Hall–Kier alpha value is -1.90. The minimum absolute atomic E-state index is 0.374. The minimum atomic E-state index is -4.19. The minimum Gasteiger partial charge on any atom is -0.387 e. The molecule has 0 saturated carbocycles. The smallest absolute Gasteiger partial charge is 0.333 e. The summed E-state index contributed by atoms with van der Waals surface area (Å²) in [6.07, 6.45) is -2.15. The summed E-state index contributed by atoms with van der Waals surface area (Å²) in [7, 11) is -2.52. The van der Waals surface area contributed by atoms with Gasteiger partial charge in [0, 0.05) is 7.05 Å². The second-order valence-corrected chi connectivity index (χ2v) is 6.34. The Morgan fingerprint density at radius 2 is 2.12 bits per heavy atom. The zero-order valence-corrected chi connectivity index (χ0v) is 13.3. The molecule has 1 aliphatic rings. The first-order valence-corrected chi connectivity index (χ1v) is 8.33. The van der Waals surface area contributed by atoms with E-state index in [2.05, 4.69) is 24.5 Å². The van der Waals surface area contributed by atoms with Crippen molar-refractivity contribution in [2.24, 2.45) is 5.14 Å². The highest BCUT2D eigenvalue weighted by atomic mass is 32.2. The lowest BCUT2D eigenvalue weighted by atomic mass is 10.1. The van der Waals surface area contributed by atoms with Crippen LogP contribution in [0.1, 0.15) is 6.23 Å². The van der Waals surface area contributed by atoms with Crippen molar-refractivity contribution in [2.45, 2.75) is 24.5 Å². The first-order valence-electron chi connectivity index (χ1n) is 6.86. The van der Waals surface area contributed by atoms with Gasteiger partial charge in [-0.25, -0.2) is 20.1 Å². The van der Waals surface area contributed by atoms with Crippen molar-refractivity contribution >= 4 is 27.3 Å². The van der Waals surface area contributed by atoms with Crippen molar-refractivity contribution in [3.8, 4) is 0 Å². The van der Waals surface area contributed by atoms with Crippen LogP contribution in [-0.4, -0.2) is 70.1 Å². The molecule has 0 aliphatic carbocycles. The van der Waals surface area contributed by atoms with Gasteiger partial charge in [-0.15, -0.1) is 0 Å². The average molecular weight is 360 g/mol. The van der Waals surface area contributed by atoms with Gasteiger partial charge in [-0.1, -0.05) is 0 Å². The average Bonchev–Trinajstić information content (AvgIpc) is 3.07. The molecule has 12 nitrogen and oxygen atoms in total. The van der Waals surface area contributed by atoms with Crippen molar-refractivity contribution in [1.82, 2.24) is 19.5 Å². The van der Waals surface area contributed by atoms with Gasteiger partial charge in [0.05, 0.1) is 12.9 Å². The third-order valence-corrected chi connectivity index (χ3v) is 4.07. The summed E-state index contributed by atoms with van der Waals surface area (Å²) in [6.45, 7) is -0.531. The fraction of sp³-hybridized carbons (Fsp3) is 0.545. The Morgan fingerprint density at radius 3 is 2.79 bits per heavy atom. The van der Waals surface area contributed by atoms with Gasteiger partial charge in [-0.2, -0.15) is 8.42 Å². The highest BCUT2D eigenvalue weighted by Crippen LogP contribution is 2.32. The molecule has 0 radical (unpaired) electrons. The Labute approximate surface area is 136 Å². The van der Waals surface area contributed by atoms with E-state index in [1.54, 1.807) is 7.05 Å². The van der Waals surface area contributed by atoms with Gasteiger partial charge in [-0.3, -0.25) is 8.75 Å². The highest BCUT2D eigenvalue weighted by Gasteiger charge is 2.44. The first-order chi connectivity index (χ1) is 11.3. The quantitative estimate of drug-likeness (QED) is 0.454. The highest BCUT2D eigenvalue weighted by molar-refractivity contribution is 7.84. The second kappa shape index (κ2) is 6.19. The summed E-state index contributed by atoms with van der Waals surface area (Å²) in [4.78, 5) is 12.3. The van der Waals surface area contributed by atoms with Crippen LogP contribution in [-0.2, 0) is 19.2 Å². The number of aliphatic hydroxyl groups is 2. The Kier molecular flexibility index (Phi) is 4.37. The second-order valence-electron chi connectivity index (χ2n) is 5.12. The number of nitrogens with zero attached hydrogens (tertiary/aromatic N) is 4. The number of hydrogen-bond acceptors (Lipinski definition) is 10. The van der Waals surface area contributed by atoms with E-state index < -0.39 is 41.5 Å². The number of aromatic nitrogens is 4. The summed E-state index contributed by atoms with van der Waals surface area (Å²) in [6, 6.07) is 0. The van der Waals surface area contributed by atoms with Crippen LogP contribution >= 0.6 is 0 Å². The fourth-order valence-corrected chi connectivity index (χ4v) is 2.80. The Balaban J connectivity index is 1.87. The number of aliphatic hydroxyl groups excluding tert-OH is 2. The van der Waals surface area contributed by atoms with Gasteiger partial charge in [0.2, 0.25) is 0 Å². The van der Waals surface area contributed by atoms with Crippen LogP contribution in [0.2, 0.25) is 0 Å². The van der Waals surface area contributed by atoms with E-state index >= 15 is 0 Å². The van der Waals surface area contributed by atoms with Crippen LogP contribution in [0, 0.1) is 0 Å². The lowest BCUT2D eigenvalue weighted by Gasteiger charge is -2.16. The van der Waals surface area contributed by atoms with E-state index in [1.165, 1.54) is 17.2 Å². The molecule has 0 amide bonds. The predicted octanol–water partition coefficient (Wildman–Crippen LogP) is -2.29. The third-order valence-electron chi connectivity index (χ3n) is 3.60. The molecule has 2 aromatic heterocycles. The first kappa shape index (κ1) is 16.9. The van der Waals surface area contributed by atoms with E-state index in [4.69, 9.17) is 9.88 Å². The summed E-state index contributed by atoms with van der Waals surface area (Å²) in [5, 5.41) is 27.8. The number of fused-ring (bicyclic) bond motifs is 1. The molecule has 1 fully saturated rings. The third kappa shape index (κ3) is 3.04. The molecular formula is C11H16N6O6S. The van der Waals surface area contributed by atoms with Crippen LogP contribution in [0.3, 0.4) is 0 Å². The number of nitrogens with two attached hydrogens (primary N) is 1. The van der Waals surface area contributed by atoms with Crippen LogP contribution in [0.4, 0.5) is 5.82 Å². The lowest BCUT2D eigenvalue weighted by Crippen LogP contribution is -2.35. The molecule has 2 aromatic rings. The molecule has 13 heteroatoms.